The average Bonchev–Trinajstić information content (AvgIpc) is 2.09. The lowest BCUT2D eigenvalue weighted by atomic mass is 10.2. The fourth-order valence-electron chi connectivity index (χ4n) is 0.867. The first kappa shape index (κ1) is 10.2. The van der Waals surface area contributed by atoms with Gasteiger partial charge in [-0.2, -0.15) is 0 Å². The van der Waals surface area contributed by atoms with Crippen LogP contribution in [0.1, 0.15) is 26.0 Å². The van der Waals surface area contributed by atoms with Gasteiger partial charge < -0.3 is 0 Å². The fraction of sp³-hybridized carbons (Fsp3) is 0.300. The van der Waals surface area contributed by atoms with Crippen LogP contribution in [0.5, 0.6) is 0 Å². The molecular weight excluding hydrogens is 189 g/mol. The first-order valence-corrected chi connectivity index (χ1v) is 4.49. The molecule has 0 fully saturated rings. The highest BCUT2D eigenvalue weighted by Gasteiger charge is 2.01. The summed E-state index contributed by atoms with van der Waals surface area (Å²) in [6, 6.07) is 1.27. The van der Waals surface area contributed by atoms with Gasteiger partial charge in [-0.3, -0.25) is 4.98 Å². The van der Waals surface area contributed by atoms with Gasteiger partial charge in [0, 0.05) is 6.20 Å². The minimum Gasteiger partial charge on any atom is -0.252 e. The van der Waals surface area contributed by atoms with E-state index in [1.54, 1.807) is 6.08 Å². The van der Waals surface area contributed by atoms with Gasteiger partial charge in [0.1, 0.15) is 5.82 Å². The lowest BCUT2D eigenvalue weighted by molar-refractivity contribution is 0.618. The Hall–Kier alpha value is -0.890. The van der Waals surface area contributed by atoms with Crippen molar-refractivity contribution in [2.75, 3.05) is 0 Å². The molecule has 0 aliphatic carbocycles. The lowest BCUT2D eigenvalue weighted by Gasteiger charge is -1.98. The molecule has 0 bridgehead atoms. The zero-order valence-corrected chi connectivity index (χ0v) is 8.40. The maximum absolute atomic E-state index is 13.2. The van der Waals surface area contributed by atoms with E-state index >= 15 is 0 Å². The van der Waals surface area contributed by atoms with E-state index in [2.05, 4.69) is 4.98 Å². The molecule has 0 N–H and O–H groups in total. The molecule has 1 rings (SSSR count). The van der Waals surface area contributed by atoms with E-state index < -0.39 is 0 Å². The summed E-state index contributed by atoms with van der Waals surface area (Å²) in [7, 11) is 0. The van der Waals surface area contributed by atoms with E-state index in [4.69, 9.17) is 11.6 Å². The highest BCUT2D eigenvalue weighted by molar-refractivity contribution is 6.30. The van der Waals surface area contributed by atoms with Gasteiger partial charge in [-0.25, -0.2) is 4.39 Å². The molecule has 0 saturated heterocycles. The van der Waals surface area contributed by atoms with Crippen LogP contribution in [0.15, 0.2) is 17.8 Å². The Bertz CT molecular complexity index is 334. The molecule has 0 unspecified atom stereocenters. The van der Waals surface area contributed by atoms with Crippen molar-refractivity contribution in [2.45, 2.75) is 20.3 Å². The summed E-state index contributed by atoms with van der Waals surface area (Å²) >= 11 is 5.56. The van der Waals surface area contributed by atoms with Crippen molar-refractivity contribution in [3.63, 3.8) is 0 Å². The van der Waals surface area contributed by atoms with Crippen molar-refractivity contribution < 1.29 is 4.39 Å². The largest absolute Gasteiger partial charge is 0.252 e. The van der Waals surface area contributed by atoms with Gasteiger partial charge in [0.15, 0.2) is 0 Å². The molecule has 1 aromatic heterocycles. The van der Waals surface area contributed by atoms with Crippen molar-refractivity contribution in [1.29, 1.82) is 0 Å². The third-order valence-electron chi connectivity index (χ3n) is 1.78. The molecule has 0 saturated carbocycles. The van der Waals surface area contributed by atoms with E-state index in [1.165, 1.54) is 12.3 Å². The summed E-state index contributed by atoms with van der Waals surface area (Å²) in [5.74, 6) is -0.375. The van der Waals surface area contributed by atoms with Crippen molar-refractivity contribution in [2.24, 2.45) is 0 Å². The van der Waals surface area contributed by atoms with Crippen LogP contribution in [0.2, 0.25) is 5.02 Å². The molecule has 13 heavy (non-hydrogen) atoms. The molecule has 0 spiro atoms. The van der Waals surface area contributed by atoms with E-state index in [9.17, 15) is 4.39 Å². The minimum absolute atomic E-state index is 0.323. The Morgan fingerprint density at radius 1 is 1.69 bits per heavy atom. The van der Waals surface area contributed by atoms with E-state index in [1.807, 2.05) is 13.8 Å². The van der Waals surface area contributed by atoms with Crippen LogP contribution >= 0.6 is 11.6 Å². The van der Waals surface area contributed by atoms with E-state index in [-0.39, 0.29) is 5.82 Å². The monoisotopic (exact) mass is 199 g/mol. The normalized spacial score (nSPS) is 11.8. The fourth-order valence-corrected chi connectivity index (χ4v) is 1.01. The minimum atomic E-state index is -0.375. The second kappa shape index (κ2) is 4.38. The molecule has 1 heterocycles. The topological polar surface area (TPSA) is 12.9 Å². The number of halogens is 2. The molecule has 0 aromatic carbocycles. The Morgan fingerprint density at radius 3 is 2.92 bits per heavy atom. The predicted octanol–water partition coefficient (Wildman–Crippen LogP) is 3.69. The zero-order chi connectivity index (χ0) is 9.84. The first-order valence-electron chi connectivity index (χ1n) is 4.11. The Labute approximate surface area is 82.3 Å². The van der Waals surface area contributed by atoms with Crippen LogP contribution in [0.3, 0.4) is 0 Å². The number of allylic oxidation sites excluding steroid dienone is 1. The zero-order valence-electron chi connectivity index (χ0n) is 7.64. The average molecular weight is 200 g/mol. The first-order chi connectivity index (χ1) is 6.13. The molecule has 1 nitrogen and oxygen atoms in total. The summed E-state index contributed by atoms with van der Waals surface area (Å²) in [5.41, 5.74) is 1.44. The number of hydrogen-bond donors (Lipinski definition) is 0. The Balaban J connectivity index is 3.03. The number of hydrogen-bond acceptors (Lipinski definition) is 1. The summed E-state index contributed by atoms with van der Waals surface area (Å²) in [5, 5.41) is 0.323. The highest BCUT2D eigenvalue weighted by atomic mass is 35.5. The Kier molecular flexibility index (Phi) is 3.43. The van der Waals surface area contributed by atoms with Crippen LogP contribution in [-0.4, -0.2) is 4.98 Å². The van der Waals surface area contributed by atoms with Crippen LogP contribution < -0.4 is 0 Å². The predicted molar refractivity (Wildman–Crippen MR) is 53.1 cm³/mol. The summed E-state index contributed by atoms with van der Waals surface area (Å²) in [6.45, 7) is 3.95. The van der Waals surface area contributed by atoms with E-state index in [0.29, 0.717) is 10.7 Å². The number of pyridine rings is 1. The summed E-state index contributed by atoms with van der Waals surface area (Å²) in [4.78, 5) is 3.88. The number of rotatable bonds is 2. The second-order valence-corrected chi connectivity index (χ2v) is 3.30. The van der Waals surface area contributed by atoms with Gasteiger partial charge in [0.2, 0.25) is 0 Å². The van der Waals surface area contributed by atoms with Crippen molar-refractivity contribution in [1.82, 2.24) is 4.98 Å². The van der Waals surface area contributed by atoms with Gasteiger partial charge in [0.25, 0.3) is 0 Å². The molecule has 0 radical (unpaired) electrons. The summed E-state index contributed by atoms with van der Waals surface area (Å²) < 4.78 is 13.2. The van der Waals surface area contributed by atoms with Crippen LogP contribution in [0.25, 0.3) is 6.08 Å². The van der Waals surface area contributed by atoms with Crippen molar-refractivity contribution in [3.05, 3.63) is 34.4 Å². The van der Waals surface area contributed by atoms with Gasteiger partial charge >= 0.3 is 0 Å². The molecule has 0 aliphatic rings. The van der Waals surface area contributed by atoms with Gasteiger partial charge in [0.05, 0.1) is 10.7 Å². The Morgan fingerprint density at radius 2 is 2.38 bits per heavy atom. The highest BCUT2D eigenvalue weighted by Crippen LogP contribution is 2.14. The molecule has 70 valence electrons. The van der Waals surface area contributed by atoms with Crippen molar-refractivity contribution >= 4 is 17.7 Å². The SMILES string of the molecule is CC/C(C)=C/c1ncc(Cl)cc1F. The maximum Gasteiger partial charge on any atom is 0.150 e. The smallest absolute Gasteiger partial charge is 0.150 e. The van der Waals surface area contributed by atoms with Gasteiger partial charge in [-0.05, 0) is 25.5 Å². The van der Waals surface area contributed by atoms with Gasteiger partial charge in [-0.15, -0.1) is 0 Å². The molecule has 0 aliphatic heterocycles. The van der Waals surface area contributed by atoms with E-state index in [0.717, 1.165) is 12.0 Å². The molecule has 3 heteroatoms. The maximum atomic E-state index is 13.2. The van der Waals surface area contributed by atoms with Gasteiger partial charge in [-0.1, -0.05) is 24.1 Å². The van der Waals surface area contributed by atoms with Crippen molar-refractivity contribution in [3.8, 4) is 0 Å². The number of nitrogens with zero attached hydrogens (tertiary/aromatic N) is 1. The van der Waals surface area contributed by atoms with Crippen LogP contribution in [0.4, 0.5) is 4.39 Å². The summed E-state index contributed by atoms with van der Waals surface area (Å²) in [6.07, 6.45) is 4.06. The molecule has 0 atom stereocenters. The molecular formula is C10H11ClFN. The van der Waals surface area contributed by atoms with Crippen LogP contribution in [0, 0.1) is 5.82 Å². The quantitative estimate of drug-likeness (QED) is 0.708. The second-order valence-electron chi connectivity index (χ2n) is 2.86. The number of aromatic nitrogens is 1. The lowest BCUT2D eigenvalue weighted by Crippen LogP contribution is -1.88. The molecule has 1 aromatic rings. The molecule has 0 amide bonds. The standard InChI is InChI=1S/C10H11ClFN/c1-3-7(2)4-10-9(12)5-8(11)6-13-10/h4-6H,3H2,1-2H3/b7-4+. The van der Waals surface area contributed by atoms with Crippen LogP contribution in [-0.2, 0) is 0 Å². The third-order valence-corrected chi connectivity index (χ3v) is 1.98. The third kappa shape index (κ3) is 2.81.